The number of carbonyl (C=O) groups excluding carboxylic acids is 1. The minimum Gasteiger partial charge on any atom is -0.493 e. The monoisotopic (exact) mass is 277 g/mol. The largest absolute Gasteiger partial charge is 0.493 e. The van der Waals surface area contributed by atoms with Crippen molar-refractivity contribution in [2.45, 2.75) is 18.8 Å². The number of hydrogen-bond acceptors (Lipinski definition) is 3. The van der Waals surface area contributed by atoms with Gasteiger partial charge in [-0.25, -0.2) is 0 Å². The SMILES string of the molecule is N#CCC(C(=O)c1ccc2c(c1)CCO2)c1ccccc1. The number of ether oxygens (including phenoxy) is 1. The predicted octanol–water partition coefficient (Wildman–Crippen LogP) is 3.50. The molecule has 1 heterocycles. The molecule has 21 heavy (non-hydrogen) atoms. The minimum atomic E-state index is -0.406. The normalized spacial score (nSPS) is 13.9. The van der Waals surface area contributed by atoms with Gasteiger partial charge in [0, 0.05) is 18.4 Å². The molecule has 3 heteroatoms. The lowest BCUT2D eigenvalue weighted by atomic mass is 9.88. The Morgan fingerprint density at radius 3 is 2.81 bits per heavy atom. The zero-order chi connectivity index (χ0) is 14.7. The molecule has 0 fully saturated rings. The number of hydrogen-bond donors (Lipinski definition) is 0. The number of fused-ring (bicyclic) bond motifs is 1. The first kappa shape index (κ1) is 13.4. The van der Waals surface area contributed by atoms with Gasteiger partial charge in [-0.05, 0) is 29.3 Å². The van der Waals surface area contributed by atoms with E-state index in [4.69, 9.17) is 10.00 Å². The van der Waals surface area contributed by atoms with Crippen LogP contribution >= 0.6 is 0 Å². The van der Waals surface area contributed by atoms with Crippen molar-refractivity contribution in [3.63, 3.8) is 0 Å². The molecular weight excluding hydrogens is 262 g/mol. The molecule has 3 rings (SSSR count). The average Bonchev–Trinajstić information content (AvgIpc) is 3.00. The second-order valence-electron chi connectivity index (χ2n) is 5.11. The minimum absolute atomic E-state index is 0.00236. The molecule has 1 atom stereocenters. The second-order valence-corrected chi connectivity index (χ2v) is 5.11. The van der Waals surface area contributed by atoms with E-state index in [1.807, 2.05) is 42.5 Å². The van der Waals surface area contributed by atoms with Gasteiger partial charge in [0.25, 0.3) is 0 Å². The molecular formula is C18H15NO2. The number of ketones is 1. The highest BCUT2D eigenvalue weighted by atomic mass is 16.5. The van der Waals surface area contributed by atoms with E-state index in [9.17, 15) is 4.79 Å². The topological polar surface area (TPSA) is 50.1 Å². The quantitative estimate of drug-likeness (QED) is 0.804. The van der Waals surface area contributed by atoms with Gasteiger partial charge >= 0.3 is 0 Å². The Labute approximate surface area is 123 Å². The fourth-order valence-corrected chi connectivity index (χ4v) is 2.68. The maximum atomic E-state index is 12.7. The van der Waals surface area contributed by atoms with Crippen molar-refractivity contribution in [1.29, 1.82) is 5.26 Å². The van der Waals surface area contributed by atoms with Crippen LogP contribution in [0.2, 0.25) is 0 Å². The molecule has 1 aliphatic rings. The third-order valence-corrected chi connectivity index (χ3v) is 3.79. The molecule has 0 spiro atoms. The van der Waals surface area contributed by atoms with Crippen LogP contribution < -0.4 is 4.74 Å². The van der Waals surface area contributed by atoms with Gasteiger partial charge in [-0.15, -0.1) is 0 Å². The molecule has 0 aliphatic carbocycles. The molecule has 1 unspecified atom stereocenters. The number of nitrogens with zero attached hydrogens (tertiary/aromatic N) is 1. The lowest BCUT2D eigenvalue weighted by Crippen LogP contribution is -2.12. The number of benzene rings is 2. The summed E-state index contributed by atoms with van der Waals surface area (Å²) in [4.78, 5) is 12.7. The first-order valence-corrected chi connectivity index (χ1v) is 7.01. The Kier molecular flexibility index (Phi) is 3.70. The van der Waals surface area contributed by atoms with E-state index < -0.39 is 5.92 Å². The van der Waals surface area contributed by atoms with Crippen LogP contribution in [0.4, 0.5) is 0 Å². The van der Waals surface area contributed by atoms with Crippen molar-refractivity contribution in [1.82, 2.24) is 0 Å². The van der Waals surface area contributed by atoms with Crippen molar-refractivity contribution in [3.8, 4) is 11.8 Å². The molecule has 2 aromatic rings. The predicted molar refractivity (Wildman–Crippen MR) is 79.4 cm³/mol. The Morgan fingerprint density at radius 1 is 1.24 bits per heavy atom. The number of carbonyl (C=O) groups is 1. The molecule has 104 valence electrons. The molecule has 0 aromatic heterocycles. The zero-order valence-electron chi connectivity index (χ0n) is 11.6. The maximum absolute atomic E-state index is 12.7. The fraction of sp³-hybridized carbons (Fsp3) is 0.222. The van der Waals surface area contributed by atoms with Gasteiger partial charge in [-0.2, -0.15) is 5.26 Å². The van der Waals surface area contributed by atoms with Crippen LogP contribution in [0, 0.1) is 11.3 Å². The van der Waals surface area contributed by atoms with Crippen LogP contribution in [0.25, 0.3) is 0 Å². The first-order valence-electron chi connectivity index (χ1n) is 7.01. The number of Topliss-reactive ketones (excluding diaryl/α,β-unsaturated/α-hetero) is 1. The molecule has 0 saturated heterocycles. The molecule has 0 radical (unpaired) electrons. The van der Waals surface area contributed by atoms with E-state index in [1.165, 1.54) is 0 Å². The summed E-state index contributed by atoms with van der Waals surface area (Å²) >= 11 is 0. The molecule has 0 bridgehead atoms. The summed E-state index contributed by atoms with van der Waals surface area (Å²) in [7, 11) is 0. The van der Waals surface area contributed by atoms with Gasteiger partial charge in [0.05, 0.1) is 18.6 Å². The van der Waals surface area contributed by atoms with Crippen LogP contribution in [-0.2, 0) is 6.42 Å². The van der Waals surface area contributed by atoms with E-state index in [0.29, 0.717) is 12.2 Å². The van der Waals surface area contributed by atoms with E-state index in [1.54, 1.807) is 6.07 Å². The van der Waals surface area contributed by atoms with E-state index in [0.717, 1.165) is 23.3 Å². The molecule has 1 aliphatic heterocycles. The second kappa shape index (κ2) is 5.80. The Hall–Kier alpha value is -2.60. The number of rotatable bonds is 4. The summed E-state index contributed by atoms with van der Waals surface area (Å²) in [5, 5.41) is 9.03. The Balaban J connectivity index is 1.93. The smallest absolute Gasteiger partial charge is 0.171 e. The third-order valence-electron chi connectivity index (χ3n) is 3.79. The lowest BCUT2D eigenvalue weighted by molar-refractivity contribution is 0.0960. The van der Waals surface area contributed by atoms with Crippen molar-refractivity contribution < 1.29 is 9.53 Å². The van der Waals surface area contributed by atoms with Gasteiger partial charge in [0.15, 0.2) is 5.78 Å². The highest BCUT2D eigenvalue weighted by Gasteiger charge is 2.23. The van der Waals surface area contributed by atoms with Gasteiger partial charge in [-0.3, -0.25) is 4.79 Å². The van der Waals surface area contributed by atoms with Gasteiger partial charge in [-0.1, -0.05) is 30.3 Å². The lowest BCUT2D eigenvalue weighted by Gasteiger charge is -2.13. The highest BCUT2D eigenvalue weighted by molar-refractivity contribution is 6.01. The maximum Gasteiger partial charge on any atom is 0.171 e. The van der Waals surface area contributed by atoms with Crippen LogP contribution in [0.5, 0.6) is 5.75 Å². The molecule has 3 nitrogen and oxygen atoms in total. The summed E-state index contributed by atoms with van der Waals surface area (Å²) in [6, 6.07) is 17.2. The van der Waals surface area contributed by atoms with Crippen molar-refractivity contribution >= 4 is 5.78 Å². The zero-order valence-corrected chi connectivity index (χ0v) is 11.6. The van der Waals surface area contributed by atoms with Crippen LogP contribution in [0.15, 0.2) is 48.5 Å². The van der Waals surface area contributed by atoms with Gasteiger partial charge in [0.2, 0.25) is 0 Å². The van der Waals surface area contributed by atoms with Crippen molar-refractivity contribution in [2.24, 2.45) is 0 Å². The third kappa shape index (κ3) is 2.66. The molecule has 0 N–H and O–H groups in total. The summed E-state index contributed by atoms with van der Waals surface area (Å²) < 4.78 is 5.46. The van der Waals surface area contributed by atoms with Crippen LogP contribution in [0.1, 0.15) is 33.8 Å². The molecule has 0 saturated carbocycles. The first-order chi connectivity index (χ1) is 10.3. The fourth-order valence-electron chi connectivity index (χ4n) is 2.68. The van der Waals surface area contributed by atoms with Crippen molar-refractivity contribution in [2.75, 3.05) is 6.61 Å². The summed E-state index contributed by atoms with van der Waals surface area (Å²) in [5.41, 5.74) is 2.62. The average molecular weight is 277 g/mol. The Bertz CT molecular complexity index is 701. The Morgan fingerprint density at radius 2 is 2.05 bits per heavy atom. The van der Waals surface area contributed by atoms with Crippen LogP contribution in [-0.4, -0.2) is 12.4 Å². The van der Waals surface area contributed by atoms with Gasteiger partial charge in [0.1, 0.15) is 5.75 Å². The van der Waals surface area contributed by atoms with E-state index in [-0.39, 0.29) is 12.2 Å². The van der Waals surface area contributed by atoms with E-state index >= 15 is 0 Å². The molecule has 0 amide bonds. The van der Waals surface area contributed by atoms with E-state index in [2.05, 4.69) is 6.07 Å². The van der Waals surface area contributed by atoms with Crippen LogP contribution in [0.3, 0.4) is 0 Å². The molecule has 2 aromatic carbocycles. The summed E-state index contributed by atoms with van der Waals surface area (Å²) in [6.07, 6.45) is 1.03. The van der Waals surface area contributed by atoms with Crippen molar-refractivity contribution in [3.05, 3.63) is 65.2 Å². The van der Waals surface area contributed by atoms with Gasteiger partial charge < -0.3 is 4.74 Å². The standard InChI is InChI=1S/C18H15NO2/c19-10-8-16(13-4-2-1-3-5-13)18(20)15-6-7-17-14(12-15)9-11-21-17/h1-7,12,16H,8-9,11H2. The summed E-state index contributed by atoms with van der Waals surface area (Å²) in [6.45, 7) is 0.674. The summed E-state index contributed by atoms with van der Waals surface area (Å²) in [5.74, 6) is 0.456. The highest BCUT2D eigenvalue weighted by Crippen LogP contribution is 2.29. The number of nitriles is 1.